The van der Waals surface area contributed by atoms with E-state index in [-0.39, 0.29) is 0 Å². The Labute approximate surface area is 170 Å². The molecule has 1 atom stereocenters. The zero-order chi connectivity index (χ0) is 20.9. The van der Waals surface area contributed by atoms with Gasteiger partial charge in [-0.25, -0.2) is 9.98 Å². The predicted octanol–water partition coefficient (Wildman–Crippen LogP) is 2.64. The number of rotatable bonds is 7. The average molecular weight is 396 g/mol. The van der Waals surface area contributed by atoms with Gasteiger partial charge in [0.15, 0.2) is 11.8 Å². The number of benzene rings is 1. The van der Waals surface area contributed by atoms with Gasteiger partial charge in [0.1, 0.15) is 23.4 Å². The number of aryl methyl sites for hydroxylation is 2. The summed E-state index contributed by atoms with van der Waals surface area (Å²) in [6.07, 6.45) is 1.49. The molecule has 0 aliphatic carbocycles. The molecule has 0 bridgehead atoms. The highest BCUT2D eigenvalue weighted by molar-refractivity contribution is 5.79. The van der Waals surface area contributed by atoms with Crippen molar-refractivity contribution in [1.82, 2.24) is 25.8 Å². The van der Waals surface area contributed by atoms with Crippen LogP contribution in [-0.2, 0) is 12.1 Å². The van der Waals surface area contributed by atoms with Crippen LogP contribution in [0.15, 0.2) is 46.1 Å². The first-order valence-corrected chi connectivity index (χ1v) is 9.66. The van der Waals surface area contributed by atoms with Crippen LogP contribution in [0.4, 0.5) is 0 Å². The molecule has 8 nitrogen and oxygen atoms in total. The molecule has 1 unspecified atom stereocenters. The second kappa shape index (κ2) is 8.91. The molecule has 0 fully saturated rings. The van der Waals surface area contributed by atoms with Crippen LogP contribution in [0.5, 0.6) is 0 Å². The first-order valence-electron chi connectivity index (χ1n) is 9.66. The SMILES string of the molecule is CCNC(=NCc1cccc(-c2ncn[nH]2)c1)NCC(C)(O)c1cc(C)oc1C. The summed E-state index contributed by atoms with van der Waals surface area (Å²) in [7, 11) is 0. The molecule has 2 aromatic heterocycles. The van der Waals surface area contributed by atoms with Crippen LogP contribution in [-0.4, -0.2) is 39.3 Å². The number of H-pyrrole nitrogens is 1. The summed E-state index contributed by atoms with van der Waals surface area (Å²) >= 11 is 0. The van der Waals surface area contributed by atoms with Crippen molar-refractivity contribution in [3.05, 3.63) is 59.3 Å². The molecule has 0 radical (unpaired) electrons. The summed E-state index contributed by atoms with van der Waals surface area (Å²) in [6, 6.07) is 9.86. The Balaban J connectivity index is 1.69. The first-order chi connectivity index (χ1) is 13.9. The monoisotopic (exact) mass is 396 g/mol. The summed E-state index contributed by atoms with van der Waals surface area (Å²) in [5.74, 6) is 2.86. The molecule has 154 valence electrons. The van der Waals surface area contributed by atoms with Gasteiger partial charge < -0.3 is 20.2 Å². The van der Waals surface area contributed by atoms with Crippen LogP contribution in [0, 0.1) is 13.8 Å². The van der Waals surface area contributed by atoms with Gasteiger partial charge in [-0.2, -0.15) is 5.10 Å². The Morgan fingerprint density at radius 1 is 1.28 bits per heavy atom. The zero-order valence-corrected chi connectivity index (χ0v) is 17.3. The van der Waals surface area contributed by atoms with Gasteiger partial charge in [0.05, 0.1) is 13.1 Å². The number of guanidine groups is 1. The highest BCUT2D eigenvalue weighted by Crippen LogP contribution is 2.26. The lowest BCUT2D eigenvalue weighted by atomic mass is 9.96. The second-order valence-electron chi connectivity index (χ2n) is 7.18. The number of nitrogens with one attached hydrogen (secondary N) is 3. The summed E-state index contributed by atoms with van der Waals surface area (Å²) in [5, 5.41) is 24.1. The summed E-state index contributed by atoms with van der Waals surface area (Å²) < 4.78 is 5.56. The number of aliphatic hydroxyl groups is 1. The second-order valence-corrected chi connectivity index (χ2v) is 7.18. The lowest BCUT2D eigenvalue weighted by Crippen LogP contribution is -2.44. The molecule has 0 saturated carbocycles. The number of furan rings is 1. The molecular weight excluding hydrogens is 368 g/mol. The Morgan fingerprint density at radius 3 is 2.76 bits per heavy atom. The van der Waals surface area contributed by atoms with Crippen molar-refractivity contribution < 1.29 is 9.52 Å². The minimum Gasteiger partial charge on any atom is -0.466 e. The highest BCUT2D eigenvalue weighted by atomic mass is 16.3. The topological polar surface area (TPSA) is 111 Å². The van der Waals surface area contributed by atoms with Gasteiger partial charge >= 0.3 is 0 Å². The fourth-order valence-corrected chi connectivity index (χ4v) is 3.19. The number of aliphatic imine (C=N–C) groups is 1. The maximum absolute atomic E-state index is 10.9. The van der Waals surface area contributed by atoms with Gasteiger partial charge in [0.2, 0.25) is 0 Å². The van der Waals surface area contributed by atoms with Crippen molar-refractivity contribution in [2.45, 2.75) is 39.8 Å². The molecular formula is C21H28N6O2. The normalized spacial score (nSPS) is 13.9. The number of hydrogen-bond donors (Lipinski definition) is 4. The van der Waals surface area contributed by atoms with Crippen molar-refractivity contribution in [3.8, 4) is 11.4 Å². The van der Waals surface area contributed by atoms with Gasteiger partial charge in [-0.1, -0.05) is 18.2 Å². The quantitative estimate of drug-likeness (QED) is 0.361. The van der Waals surface area contributed by atoms with Gasteiger partial charge in [-0.15, -0.1) is 0 Å². The lowest BCUT2D eigenvalue weighted by Gasteiger charge is -2.24. The zero-order valence-electron chi connectivity index (χ0n) is 17.3. The smallest absolute Gasteiger partial charge is 0.191 e. The largest absolute Gasteiger partial charge is 0.466 e. The summed E-state index contributed by atoms with van der Waals surface area (Å²) in [5.41, 5.74) is 1.70. The molecule has 8 heteroatoms. The third-order valence-corrected chi connectivity index (χ3v) is 4.60. The lowest BCUT2D eigenvalue weighted by molar-refractivity contribution is 0.0601. The fraction of sp³-hybridized carbons (Fsp3) is 0.381. The van der Waals surface area contributed by atoms with Gasteiger partial charge in [-0.05, 0) is 45.4 Å². The highest BCUT2D eigenvalue weighted by Gasteiger charge is 2.27. The van der Waals surface area contributed by atoms with Gasteiger partial charge in [0, 0.05) is 17.7 Å². The Morgan fingerprint density at radius 2 is 2.10 bits per heavy atom. The molecule has 0 aliphatic rings. The third kappa shape index (κ3) is 5.23. The number of aromatic amines is 1. The number of nitrogens with zero attached hydrogens (tertiary/aromatic N) is 3. The van der Waals surface area contributed by atoms with E-state index < -0.39 is 5.60 Å². The van der Waals surface area contributed by atoms with Crippen LogP contribution >= 0.6 is 0 Å². The van der Waals surface area contributed by atoms with E-state index in [1.807, 2.05) is 51.1 Å². The number of aromatic nitrogens is 3. The predicted molar refractivity (Wildman–Crippen MR) is 112 cm³/mol. The molecule has 0 spiro atoms. The number of hydrogen-bond acceptors (Lipinski definition) is 5. The van der Waals surface area contributed by atoms with Gasteiger partial charge in [-0.3, -0.25) is 5.10 Å². The first kappa shape index (κ1) is 20.6. The fourth-order valence-electron chi connectivity index (χ4n) is 3.19. The van der Waals surface area contributed by atoms with Crippen LogP contribution < -0.4 is 10.6 Å². The third-order valence-electron chi connectivity index (χ3n) is 4.60. The molecule has 3 rings (SSSR count). The average Bonchev–Trinajstić information content (AvgIpc) is 3.34. The van der Waals surface area contributed by atoms with Crippen LogP contribution in [0.25, 0.3) is 11.4 Å². The van der Waals surface area contributed by atoms with E-state index in [0.717, 1.165) is 40.6 Å². The maximum Gasteiger partial charge on any atom is 0.191 e. The Kier molecular flexibility index (Phi) is 6.33. The molecule has 29 heavy (non-hydrogen) atoms. The van der Waals surface area contributed by atoms with Crippen LogP contribution in [0.1, 0.15) is 36.5 Å². The van der Waals surface area contributed by atoms with Crippen molar-refractivity contribution >= 4 is 5.96 Å². The molecule has 4 N–H and O–H groups in total. The molecule has 1 aromatic carbocycles. The van der Waals surface area contributed by atoms with Crippen molar-refractivity contribution in [2.75, 3.05) is 13.1 Å². The standard InChI is InChI=1S/C21H28N6O2/c1-5-22-20(24-12-21(4,28)18-9-14(2)29-15(18)3)23-11-16-7-6-8-17(10-16)19-25-13-26-27-19/h6-10,13,28H,5,11-12H2,1-4H3,(H2,22,23,24)(H,25,26,27). The van der Waals surface area contributed by atoms with E-state index in [4.69, 9.17) is 4.42 Å². The summed E-state index contributed by atoms with van der Waals surface area (Å²) in [6.45, 7) is 9.01. The van der Waals surface area contributed by atoms with E-state index in [9.17, 15) is 5.11 Å². The molecule has 3 aromatic rings. The van der Waals surface area contributed by atoms with E-state index in [1.54, 1.807) is 6.92 Å². The van der Waals surface area contributed by atoms with E-state index in [1.165, 1.54) is 6.33 Å². The van der Waals surface area contributed by atoms with Crippen molar-refractivity contribution in [1.29, 1.82) is 0 Å². The van der Waals surface area contributed by atoms with E-state index >= 15 is 0 Å². The Bertz CT molecular complexity index is 959. The summed E-state index contributed by atoms with van der Waals surface area (Å²) in [4.78, 5) is 8.83. The van der Waals surface area contributed by atoms with Crippen LogP contribution in [0.2, 0.25) is 0 Å². The minimum atomic E-state index is -1.08. The van der Waals surface area contributed by atoms with Gasteiger partial charge in [0.25, 0.3) is 0 Å². The Hall–Kier alpha value is -3.13. The molecule has 0 saturated heterocycles. The van der Waals surface area contributed by atoms with E-state index in [2.05, 4.69) is 30.8 Å². The maximum atomic E-state index is 10.9. The van der Waals surface area contributed by atoms with Crippen LogP contribution in [0.3, 0.4) is 0 Å². The molecule has 2 heterocycles. The van der Waals surface area contributed by atoms with Crippen molar-refractivity contribution in [3.63, 3.8) is 0 Å². The molecule has 0 amide bonds. The minimum absolute atomic E-state index is 0.302. The molecule has 0 aliphatic heterocycles. The van der Waals surface area contributed by atoms with E-state index in [0.29, 0.717) is 19.0 Å². The van der Waals surface area contributed by atoms with Crippen molar-refractivity contribution in [2.24, 2.45) is 4.99 Å².